The first kappa shape index (κ1) is 19.6. The average Bonchev–Trinajstić information content (AvgIpc) is 3.53. The zero-order valence-corrected chi connectivity index (χ0v) is 18.8. The van der Waals surface area contributed by atoms with Gasteiger partial charge in [0.25, 0.3) is 0 Å². The minimum Gasteiger partial charge on any atom is -0.454 e. The second kappa shape index (κ2) is 7.89. The standard InChI is InChI=1S/C31H20N2O2/c1-4-11-21(12-5-1)31-32-25-19-20-27-28(30(25)35-31)24-17-10-18-26(29(24)34-27)33(22-13-6-2-7-14-22)23-15-8-3-9-16-23/h1-20H. The molecule has 0 aliphatic rings. The van der Waals surface area contributed by atoms with Crippen LogP contribution in [0.3, 0.4) is 0 Å². The Morgan fingerprint density at radius 2 is 1.20 bits per heavy atom. The van der Waals surface area contributed by atoms with Crippen LogP contribution in [0.1, 0.15) is 0 Å². The second-order valence-electron chi connectivity index (χ2n) is 8.43. The smallest absolute Gasteiger partial charge is 0.227 e. The lowest BCUT2D eigenvalue weighted by Crippen LogP contribution is -2.09. The van der Waals surface area contributed by atoms with Gasteiger partial charge in [-0.15, -0.1) is 0 Å². The molecular weight excluding hydrogens is 432 g/mol. The van der Waals surface area contributed by atoms with E-state index < -0.39 is 0 Å². The molecule has 0 saturated carbocycles. The lowest BCUT2D eigenvalue weighted by Gasteiger charge is -2.25. The fourth-order valence-corrected chi connectivity index (χ4v) is 4.71. The Morgan fingerprint density at radius 3 is 1.89 bits per heavy atom. The number of hydrogen-bond acceptors (Lipinski definition) is 4. The molecule has 0 fully saturated rings. The van der Waals surface area contributed by atoms with Crippen LogP contribution in [0.2, 0.25) is 0 Å². The minimum atomic E-state index is 0.605. The molecule has 0 unspecified atom stereocenters. The summed E-state index contributed by atoms with van der Waals surface area (Å²) in [6, 6.07) is 40.8. The van der Waals surface area contributed by atoms with Crippen LogP contribution in [0.25, 0.3) is 44.5 Å². The summed E-state index contributed by atoms with van der Waals surface area (Å²) < 4.78 is 12.8. The van der Waals surface area contributed by atoms with E-state index in [1.165, 1.54) is 0 Å². The minimum absolute atomic E-state index is 0.605. The predicted molar refractivity (Wildman–Crippen MR) is 141 cm³/mol. The van der Waals surface area contributed by atoms with Crippen molar-refractivity contribution in [3.05, 3.63) is 121 Å². The Hall–Kier alpha value is -4.83. The zero-order chi connectivity index (χ0) is 23.2. The molecular formula is C31H20N2O2. The van der Waals surface area contributed by atoms with Gasteiger partial charge in [-0.1, -0.05) is 66.7 Å². The molecule has 4 nitrogen and oxygen atoms in total. The van der Waals surface area contributed by atoms with Gasteiger partial charge in [-0.05, 0) is 54.6 Å². The molecule has 7 rings (SSSR count). The average molecular weight is 453 g/mol. The Morgan fingerprint density at radius 1 is 0.543 bits per heavy atom. The van der Waals surface area contributed by atoms with Gasteiger partial charge in [0.1, 0.15) is 11.1 Å². The summed E-state index contributed by atoms with van der Waals surface area (Å²) in [7, 11) is 0. The van der Waals surface area contributed by atoms with Gasteiger partial charge in [-0.3, -0.25) is 0 Å². The highest BCUT2D eigenvalue weighted by atomic mass is 16.4. The van der Waals surface area contributed by atoms with E-state index in [1.54, 1.807) is 0 Å². The number of aromatic nitrogens is 1. The van der Waals surface area contributed by atoms with Crippen LogP contribution < -0.4 is 4.90 Å². The molecule has 2 aromatic heterocycles. The number of fused-ring (bicyclic) bond motifs is 5. The van der Waals surface area contributed by atoms with Gasteiger partial charge in [-0.25, -0.2) is 4.98 Å². The van der Waals surface area contributed by atoms with Gasteiger partial charge < -0.3 is 13.7 Å². The van der Waals surface area contributed by atoms with Gasteiger partial charge in [0, 0.05) is 22.3 Å². The first-order valence-electron chi connectivity index (χ1n) is 11.6. The van der Waals surface area contributed by atoms with E-state index in [0.717, 1.165) is 55.7 Å². The third-order valence-electron chi connectivity index (χ3n) is 6.29. The molecule has 5 aromatic carbocycles. The van der Waals surface area contributed by atoms with Gasteiger partial charge in [0.15, 0.2) is 11.2 Å². The van der Waals surface area contributed by atoms with Crippen molar-refractivity contribution < 1.29 is 8.83 Å². The molecule has 2 heterocycles. The number of hydrogen-bond donors (Lipinski definition) is 0. The van der Waals surface area contributed by atoms with Crippen molar-refractivity contribution in [2.24, 2.45) is 0 Å². The normalized spacial score (nSPS) is 11.4. The predicted octanol–water partition coefficient (Wildman–Crippen LogP) is 8.86. The number of rotatable bonds is 4. The molecule has 4 heteroatoms. The molecule has 0 N–H and O–H groups in total. The van der Waals surface area contributed by atoms with Crippen LogP contribution in [0.15, 0.2) is 130 Å². The Balaban J connectivity index is 1.50. The summed E-state index contributed by atoms with van der Waals surface area (Å²) in [4.78, 5) is 6.97. The van der Waals surface area contributed by atoms with Crippen molar-refractivity contribution in [3.63, 3.8) is 0 Å². The quantitative estimate of drug-likeness (QED) is 0.267. The van der Waals surface area contributed by atoms with Gasteiger partial charge in [-0.2, -0.15) is 0 Å². The zero-order valence-electron chi connectivity index (χ0n) is 18.8. The second-order valence-corrected chi connectivity index (χ2v) is 8.43. The molecule has 0 spiro atoms. The number of para-hydroxylation sites is 3. The molecule has 0 bridgehead atoms. The van der Waals surface area contributed by atoms with Gasteiger partial charge in [0.2, 0.25) is 5.89 Å². The summed E-state index contributed by atoms with van der Waals surface area (Å²) in [5.74, 6) is 0.605. The molecule has 166 valence electrons. The van der Waals surface area contributed by atoms with E-state index >= 15 is 0 Å². The molecule has 0 aliphatic heterocycles. The summed E-state index contributed by atoms with van der Waals surface area (Å²) in [5.41, 5.74) is 7.16. The Kier molecular flexibility index (Phi) is 4.42. The number of benzene rings is 5. The Bertz CT molecular complexity index is 1750. The number of anilines is 3. The SMILES string of the molecule is c1ccc(-c2nc3ccc4oc5c(N(c6ccccc6)c6ccccc6)cccc5c4c3o2)cc1. The molecule has 7 aromatic rings. The lowest BCUT2D eigenvalue weighted by atomic mass is 10.1. The van der Waals surface area contributed by atoms with Crippen LogP contribution in [0.4, 0.5) is 17.1 Å². The van der Waals surface area contributed by atoms with Crippen molar-refractivity contribution in [1.29, 1.82) is 0 Å². The highest BCUT2D eigenvalue weighted by Crippen LogP contribution is 2.43. The molecule has 0 atom stereocenters. The van der Waals surface area contributed by atoms with Crippen molar-refractivity contribution in [1.82, 2.24) is 4.98 Å². The monoisotopic (exact) mass is 452 g/mol. The van der Waals surface area contributed by atoms with Gasteiger partial charge >= 0.3 is 0 Å². The van der Waals surface area contributed by atoms with Crippen LogP contribution >= 0.6 is 0 Å². The third kappa shape index (κ3) is 3.19. The lowest BCUT2D eigenvalue weighted by molar-refractivity contribution is 0.622. The first-order chi connectivity index (χ1) is 17.4. The maximum absolute atomic E-state index is 6.50. The van der Waals surface area contributed by atoms with Crippen molar-refractivity contribution in [3.8, 4) is 11.5 Å². The summed E-state index contributed by atoms with van der Waals surface area (Å²) in [6.07, 6.45) is 0. The highest BCUT2D eigenvalue weighted by molar-refractivity contribution is 6.19. The number of oxazole rings is 1. The van der Waals surface area contributed by atoms with Crippen molar-refractivity contribution in [2.45, 2.75) is 0 Å². The van der Waals surface area contributed by atoms with Crippen LogP contribution in [0.5, 0.6) is 0 Å². The molecule has 0 aliphatic carbocycles. The van der Waals surface area contributed by atoms with E-state index in [0.29, 0.717) is 5.89 Å². The topological polar surface area (TPSA) is 42.4 Å². The van der Waals surface area contributed by atoms with E-state index in [4.69, 9.17) is 13.8 Å². The number of furan rings is 1. The van der Waals surface area contributed by atoms with E-state index in [9.17, 15) is 0 Å². The third-order valence-corrected chi connectivity index (χ3v) is 6.29. The maximum atomic E-state index is 6.50. The fraction of sp³-hybridized carbons (Fsp3) is 0. The van der Waals surface area contributed by atoms with E-state index in [1.807, 2.05) is 78.9 Å². The van der Waals surface area contributed by atoms with E-state index in [2.05, 4.69) is 47.4 Å². The summed E-state index contributed by atoms with van der Waals surface area (Å²) >= 11 is 0. The van der Waals surface area contributed by atoms with Crippen molar-refractivity contribution >= 4 is 50.1 Å². The van der Waals surface area contributed by atoms with Crippen LogP contribution in [0, 0.1) is 0 Å². The molecule has 0 amide bonds. The molecule has 0 radical (unpaired) electrons. The first-order valence-corrected chi connectivity index (χ1v) is 11.6. The Labute approximate surface area is 201 Å². The van der Waals surface area contributed by atoms with Crippen LogP contribution in [-0.2, 0) is 0 Å². The maximum Gasteiger partial charge on any atom is 0.227 e. The summed E-state index contributed by atoms with van der Waals surface area (Å²) in [6.45, 7) is 0. The van der Waals surface area contributed by atoms with Crippen molar-refractivity contribution in [2.75, 3.05) is 4.90 Å². The largest absolute Gasteiger partial charge is 0.454 e. The van der Waals surface area contributed by atoms with Gasteiger partial charge in [0.05, 0.1) is 11.1 Å². The molecule has 0 saturated heterocycles. The van der Waals surface area contributed by atoms with E-state index in [-0.39, 0.29) is 0 Å². The molecule has 35 heavy (non-hydrogen) atoms. The summed E-state index contributed by atoms with van der Waals surface area (Å²) in [5, 5.41) is 1.94. The highest BCUT2D eigenvalue weighted by Gasteiger charge is 2.21. The number of nitrogens with zero attached hydrogens (tertiary/aromatic N) is 2. The fourth-order valence-electron chi connectivity index (χ4n) is 4.71. The van der Waals surface area contributed by atoms with Crippen LogP contribution in [-0.4, -0.2) is 4.98 Å².